The Hall–Kier alpha value is -2.06. The number of unbranched alkanes of at least 4 members (excludes halogenated alkanes) is 2. The van der Waals surface area contributed by atoms with Crippen LogP contribution in [0.4, 0.5) is 0 Å². The lowest BCUT2D eigenvalue weighted by atomic mass is 10.2. The average molecular weight is 395 g/mol. The van der Waals surface area contributed by atoms with E-state index < -0.39 is 0 Å². The molecule has 6 nitrogen and oxygen atoms in total. The number of thiocarbonyl (C=S) groups is 1. The second kappa shape index (κ2) is 9.59. The number of amides is 2. The highest BCUT2D eigenvalue weighted by Crippen LogP contribution is 2.34. The van der Waals surface area contributed by atoms with Crippen LogP contribution >= 0.6 is 24.0 Å². The number of rotatable bonds is 8. The van der Waals surface area contributed by atoms with Crippen LogP contribution in [0.1, 0.15) is 38.7 Å². The molecule has 2 rings (SSSR count). The lowest BCUT2D eigenvalue weighted by Crippen LogP contribution is -2.43. The third-order valence-electron chi connectivity index (χ3n) is 3.55. The molecule has 0 bridgehead atoms. The van der Waals surface area contributed by atoms with Gasteiger partial charge in [0, 0.05) is 6.92 Å². The molecule has 140 valence electrons. The van der Waals surface area contributed by atoms with Crippen molar-refractivity contribution in [2.75, 3.05) is 13.7 Å². The Balaban J connectivity index is 2.14. The van der Waals surface area contributed by atoms with Crippen molar-refractivity contribution >= 4 is 46.2 Å². The first kappa shape index (κ1) is 20.3. The van der Waals surface area contributed by atoms with E-state index in [1.807, 2.05) is 12.1 Å². The van der Waals surface area contributed by atoms with Crippen LogP contribution in [-0.2, 0) is 9.59 Å². The Labute approximate surface area is 162 Å². The van der Waals surface area contributed by atoms with Crippen LogP contribution in [-0.4, -0.2) is 34.9 Å². The lowest BCUT2D eigenvalue weighted by Gasteiger charge is -2.13. The van der Waals surface area contributed by atoms with Crippen LogP contribution in [0.5, 0.6) is 11.5 Å². The van der Waals surface area contributed by atoms with Gasteiger partial charge in [-0.2, -0.15) is 5.01 Å². The fourth-order valence-electron chi connectivity index (χ4n) is 2.30. The second-order valence-corrected chi connectivity index (χ2v) is 7.33. The van der Waals surface area contributed by atoms with Crippen molar-refractivity contribution in [3.05, 3.63) is 28.7 Å². The predicted molar refractivity (Wildman–Crippen MR) is 107 cm³/mol. The van der Waals surface area contributed by atoms with Gasteiger partial charge in [0.1, 0.15) is 0 Å². The second-order valence-electron chi connectivity index (χ2n) is 5.65. The van der Waals surface area contributed by atoms with Crippen molar-refractivity contribution in [2.24, 2.45) is 0 Å². The van der Waals surface area contributed by atoms with Gasteiger partial charge in [0.15, 0.2) is 15.8 Å². The Morgan fingerprint density at radius 3 is 2.77 bits per heavy atom. The quantitative estimate of drug-likeness (QED) is 0.413. The van der Waals surface area contributed by atoms with Gasteiger partial charge in [0.25, 0.3) is 5.91 Å². The summed E-state index contributed by atoms with van der Waals surface area (Å²) in [4.78, 5) is 24.0. The van der Waals surface area contributed by atoms with Gasteiger partial charge in [-0.25, -0.2) is 0 Å². The predicted octanol–water partition coefficient (Wildman–Crippen LogP) is 3.52. The summed E-state index contributed by atoms with van der Waals surface area (Å²) in [7, 11) is 1.58. The Morgan fingerprint density at radius 2 is 2.12 bits per heavy atom. The molecule has 1 aliphatic heterocycles. The molecule has 0 saturated carbocycles. The number of ether oxygens (including phenoxy) is 2. The molecule has 0 atom stereocenters. The van der Waals surface area contributed by atoms with Gasteiger partial charge in [0.05, 0.1) is 18.6 Å². The Bertz CT molecular complexity index is 734. The number of hydrogen-bond donors (Lipinski definition) is 1. The van der Waals surface area contributed by atoms with Crippen molar-refractivity contribution in [1.82, 2.24) is 10.4 Å². The Kier molecular flexibility index (Phi) is 7.47. The highest BCUT2D eigenvalue weighted by Gasteiger charge is 2.33. The van der Waals surface area contributed by atoms with E-state index in [0.717, 1.165) is 41.6 Å². The SMILES string of the molecule is CCCCCOc1ccc(/C=C2\SC(=S)N(NC(C)=O)C2=O)cc1OC. The molecular formula is C18H22N2O4S2. The smallest absolute Gasteiger partial charge is 0.285 e. The van der Waals surface area contributed by atoms with E-state index in [1.54, 1.807) is 19.3 Å². The maximum Gasteiger partial charge on any atom is 0.285 e. The van der Waals surface area contributed by atoms with Crippen molar-refractivity contribution in [3.8, 4) is 11.5 Å². The molecule has 1 aromatic rings. The third kappa shape index (κ3) is 5.22. The maximum absolute atomic E-state index is 12.4. The molecule has 0 unspecified atom stereocenters. The minimum Gasteiger partial charge on any atom is -0.493 e. The van der Waals surface area contributed by atoms with E-state index in [4.69, 9.17) is 21.7 Å². The van der Waals surface area contributed by atoms with Crippen molar-refractivity contribution < 1.29 is 19.1 Å². The van der Waals surface area contributed by atoms with E-state index >= 15 is 0 Å². The summed E-state index contributed by atoms with van der Waals surface area (Å²) in [6.07, 6.45) is 4.96. The van der Waals surface area contributed by atoms with E-state index in [1.165, 1.54) is 6.92 Å². The van der Waals surface area contributed by atoms with Crippen LogP contribution in [0.2, 0.25) is 0 Å². The summed E-state index contributed by atoms with van der Waals surface area (Å²) in [5, 5.41) is 1.08. The molecule has 0 radical (unpaired) electrons. The first-order chi connectivity index (χ1) is 12.5. The summed E-state index contributed by atoms with van der Waals surface area (Å²) in [5.41, 5.74) is 3.20. The number of carbonyl (C=O) groups is 2. The number of nitrogens with zero attached hydrogens (tertiary/aromatic N) is 1. The monoisotopic (exact) mass is 394 g/mol. The van der Waals surface area contributed by atoms with Crippen LogP contribution in [0.15, 0.2) is 23.1 Å². The molecule has 8 heteroatoms. The molecule has 0 aliphatic carbocycles. The van der Waals surface area contributed by atoms with Gasteiger partial charge in [-0.3, -0.25) is 15.0 Å². The molecule has 1 N–H and O–H groups in total. The molecule has 1 heterocycles. The number of benzene rings is 1. The van der Waals surface area contributed by atoms with E-state index in [-0.39, 0.29) is 11.8 Å². The molecule has 1 aromatic carbocycles. The summed E-state index contributed by atoms with van der Waals surface area (Å²) in [6.45, 7) is 4.11. The number of hydrazine groups is 1. The fraction of sp³-hybridized carbons (Fsp3) is 0.389. The molecule has 1 aliphatic rings. The number of hydrogen-bond acceptors (Lipinski definition) is 6. The molecule has 2 amide bonds. The topological polar surface area (TPSA) is 67.9 Å². The van der Waals surface area contributed by atoms with Crippen molar-refractivity contribution in [3.63, 3.8) is 0 Å². The zero-order valence-corrected chi connectivity index (χ0v) is 16.7. The zero-order valence-electron chi connectivity index (χ0n) is 15.0. The van der Waals surface area contributed by atoms with Gasteiger partial charge < -0.3 is 9.47 Å². The summed E-state index contributed by atoms with van der Waals surface area (Å²) < 4.78 is 11.4. The van der Waals surface area contributed by atoms with E-state index in [2.05, 4.69) is 12.3 Å². The van der Waals surface area contributed by atoms with Crippen LogP contribution < -0.4 is 14.9 Å². The largest absolute Gasteiger partial charge is 0.493 e. The van der Waals surface area contributed by atoms with Gasteiger partial charge in [-0.05, 0) is 42.4 Å². The molecule has 0 aromatic heterocycles. The van der Waals surface area contributed by atoms with Gasteiger partial charge in [0.2, 0.25) is 5.91 Å². The van der Waals surface area contributed by atoms with E-state index in [9.17, 15) is 9.59 Å². The normalized spacial score (nSPS) is 15.5. The number of thioether (sulfide) groups is 1. The number of nitrogens with one attached hydrogen (secondary N) is 1. The molecule has 0 spiro atoms. The third-order valence-corrected chi connectivity index (χ3v) is 4.86. The number of carbonyl (C=O) groups excluding carboxylic acids is 2. The first-order valence-electron chi connectivity index (χ1n) is 8.32. The van der Waals surface area contributed by atoms with Crippen LogP contribution in [0.25, 0.3) is 6.08 Å². The molecule has 26 heavy (non-hydrogen) atoms. The minimum atomic E-state index is -0.353. The Morgan fingerprint density at radius 1 is 1.35 bits per heavy atom. The minimum absolute atomic E-state index is 0.291. The highest BCUT2D eigenvalue weighted by molar-refractivity contribution is 8.26. The molecule has 1 fully saturated rings. The summed E-state index contributed by atoms with van der Waals surface area (Å²) >= 11 is 6.27. The fourth-order valence-corrected chi connectivity index (χ4v) is 3.48. The molecular weight excluding hydrogens is 372 g/mol. The summed E-state index contributed by atoms with van der Waals surface area (Å²) in [5.74, 6) is 0.571. The maximum atomic E-state index is 12.4. The van der Waals surface area contributed by atoms with Gasteiger partial charge >= 0.3 is 0 Å². The van der Waals surface area contributed by atoms with Crippen molar-refractivity contribution in [1.29, 1.82) is 0 Å². The first-order valence-corrected chi connectivity index (χ1v) is 9.54. The number of methoxy groups -OCH3 is 1. The van der Waals surface area contributed by atoms with Crippen molar-refractivity contribution in [2.45, 2.75) is 33.1 Å². The highest BCUT2D eigenvalue weighted by atomic mass is 32.2. The van der Waals surface area contributed by atoms with Gasteiger partial charge in [-0.15, -0.1) is 0 Å². The lowest BCUT2D eigenvalue weighted by molar-refractivity contribution is -0.131. The summed E-state index contributed by atoms with van der Waals surface area (Å²) in [6, 6.07) is 5.48. The average Bonchev–Trinajstić information content (AvgIpc) is 2.86. The molecule has 1 saturated heterocycles. The van der Waals surface area contributed by atoms with Crippen LogP contribution in [0, 0.1) is 0 Å². The zero-order chi connectivity index (χ0) is 19.1. The van der Waals surface area contributed by atoms with E-state index in [0.29, 0.717) is 27.3 Å². The van der Waals surface area contributed by atoms with Gasteiger partial charge in [-0.1, -0.05) is 37.6 Å². The van der Waals surface area contributed by atoms with Crippen LogP contribution in [0.3, 0.4) is 0 Å². The standard InChI is InChI=1S/C18H22N2O4S2/c1-4-5-6-9-24-14-8-7-13(10-15(14)23-3)11-16-17(22)20(18(25)26-16)19-12(2)21/h7-8,10-11H,4-6,9H2,1-3H3,(H,19,21)/b16-11-.